The monoisotopic (exact) mass is 298 g/mol. The SMILES string of the molecule is CCCC(COC)NS(=O)(=O)c1ccc2c(c1)CCN2. The van der Waals surface area contributed by atoms with Crippen LogP contribution in [0.4, 0.5) is 5.69 Å². The summed E-state index contributed by atoms with van der Waals surface area (Å²) >= 11 is 0. The summed E-state index contributed by atoms with van der Waals surface area (Å²) in [5.41, 5.74) is 2.10. The topological polar surface area (TPSA) is 67.4 Å². The number of hydrogen-bond acceptors (Lipinski definition) is 4. The van der Waals surface area contributed by atoms with E-state index in [0.29, 0.717) is 11.5 Å². The third-order valence-corrected chi connectivity index (χ3v) is 4.94. The third-order valence-electron chi connectivity index (χ3n) is 3.42. The summed E-state index contributed by atoms with van der Waals surface area (Å²) in [4.78, 5) is 0.331. The second kappa shape index (κ2) is 6.56. The molecule has 0 aromatic heterocycles. The van der Waals surface area contributed by atoms with E-state index in [1.165, 1.54) is 0 Å². The number of anilines is 1. The molecule has 1 aliphatic heterocycles. The zero-order valence-electron chi connectivity index (χ0n) is 12.0. The van der Waals surface area contributed by atoms with Crippen molar-refractivity contribution in [2.24, 2.45) is 0 Å². The van der Waals surface area contributed by atoms with Crippen molar-refractivity contribution in [2.75, 3.05) is 25.6 Å². The average Bonchev–Trinajstić information content (AvgIpc) is 2.86. The van der Waals surface area contributed by atoms with Crippen molar-refractivity contribution < 1.29 is 13.2 Å². The second-order valence-electron chi connectivity index (χ2n) is 5.06. The molecule has 1 unspecified atom stereocenters. The highest BCUT2D eigenvalue weighted by Crippen LogP contribution is 2.25. The number of rotatable bonds is 7. The molecule has 0 amide bonds. The Kier molecular flexibility index (Phi) is 5.01. The number of methoxy groups -OCH3 is 1. The van der Waals surface area contributed by atoms with Crippen LogP contribution in [0.2, 0.25) is 0 Å². The Bertz CT molecular complexity index is 552. The zero-order chi connectivity index (χ0) is 14.6. The molecule has 20 heavy (non-hydrogen) atoms. The van der Waals surface area contributed by atoms with Crippen LogP contribution in [0.5, 0.6) is 0 Å². The van der Waals surface area contributed by atoms with Gasteiger partial charge in [0.15, 0.2) is 0 Å². The minimum absolute atomic E-state index is 0.179. The van der Waals surface area contributed by atoms with E-state index in [4.69, 9.17) is 4.74 Å². The molecular formula is C14H22N2O3S. The van der Waals surface area contributed by atoms with E-state index in [0.717, 1.165) is 37.1 Å². The fourth-order valence-corrected chi connectivity index (χ4v) is 3.77. The van der Waals surface area contributed by atoms with Gasteiger partial charge in [-0.25, -0.2) is 13.1 Å². The van der Waals surface area contributed by atoms with Crippen molar-refractivity contribution in [1.82, 2.24) is 4.72 Å². The maximum atomic E-state index is 12.4. The molecule has 112 valence electrons. The first-order chi connectivity index (χ1) is 9.56. The molecule has 2 N–H and O–H groups in total. The normalized spacial score (nSPS) is 15.7. The summed E-state index contributed by atoms with van der Waals surface area (Å²) in [5.74, 6) is 0. The highest BCUT2D eigenvalue weighted by Gasteiger charge is 2.21. The number of ether oxygens (including phenoxy) is 1. The van der Waals surface area contributed by atoms with Crippen molar-refractivity contribution >= 4 is 15.7 Å². The van der Waals surface area contributed by atoms with Crippen molar-refractivity contribution in [2.45, 2.75) is 37.1 Å². The highest BCUT2D eigenvalue weighted by molar-refractivity contribution is 7.89. The van der Waals surface area contributed by atoms with Gasteiger partial charge in [0.1, 0.15) is 0 Å². The van der Waals surface area contributed by atoms with Gasteiger partial charge in [-0.3, -0.25) is 0 Å². The van der Waals surface area contributed by atoms with Crippen molar-refractivity contribution in [3.05, 3.63) is 23.8 Å². The number of nitrogens with one attached hydrogen (secondary N) is 2. The molecule has 6 heteroatoms. The van der Waals surface area contributed by atoms with Crippen molar-refractivity contribution in [1.29, 1.82) is 0 Å². The van der Waals surface area contributed by atoms with Crippen LogP contribution in [-0.2, 0) is 21.2 Å². The molecular weight excluding hydrogens is 276 g/mol. The molecule has 0 aliphatic carbocycles. The van der Waals surface area contributed by atoms with Gasteiger partial charge in [0.25, 0.3) is 0 Å². The van der Waals surface area contributed by atoms with E-state index in [2.05, 4.69) is 10.0 Å². The van der Waals surface area contributed by atoms with E-state index in [1.807, 2.05) is 13.0 Å². The average molecular weight is 298 g/mol. The lowest BCUT2D eigenvalue weighted by Gasteiger charge is -2.17. The lowest BCUT2D eigenvalue weighted by molar-refractivity contribution is 0.171. The molecule has 0 saturated heterocycles. The van der Waals surface area contributed by atoms with Gasteiger partial charge in [-0.05, 0) is 36.6 Å². The maximum absolute atomic E-state index is 12.4. The summed E-state index contributed by atoms with van der Waals surface area (Å²) < 4.78 is 32.6. The fraction of sp³-hybridized carbons (Fsp3) is 0.571. The predicted molar refractivity (Wildman–Crippen MR) is 79.5 cm³/mol. The lowest BCUT2D eigenvalue weighted by atomic mass is 10.2. The molecule has 0 fully saturated rings. The van der Waals surface area contributed by atoms with Crippen molar-refractivity contribution in [3.8, 4) is 0 Å². The summed E-state index contributed by atoms with van der Waals surface area (Å²) in [6, 6.07) is 5.06. The molecule has 1 heterocycles. The minimum Gasteiger partial charge on any atom is -0.384 e. The third kappa shape index (κ3) is 3.50. The molecule has 2 rings (SSSR count). The number of fused-ring (bicyclic) bond motifs is 1. The quantitative estimate of drug-likeness (QED) is 0.805. The predicted octanol–water partition coefficient (Wildman–Crippen LogP) is 1.75. The molecule has 0 spiro atoms. The first kappa shape index (κ1) is 15.3. The fourth-order valence-electron chi connectivity index (χ4n) is 2.46. The van der Waals surface area contributed by atoms with Crippen LogP contribution in [0.1, 0.15) is 25.3 Å². The van der Waals surface area contributed by atoms with Gasteiger partial charge in [-0.1, -0.05) is 13.3 Å². The molecule has 1 aromatic carbocycles. The molecule has 0 saturated carbocycles. The van der Waals surface area contributed by atoms with E-state index in [9.17, 15) is 8.42 Å². The van der Waals surface area contributed by atoms with Gasteiger partial charge in [-0.15, -0.1) is 0 Å². The van der Waals surface area contributed by atoms with Gasteiger partial charge >= 0.3 is 0 Å². The Balaban J connectivity index is 2.17. The number of hydrogen-bond donors (Lipinski definition) is 2. The molecule has 1 atom stereocenters. The lowest BCUT2D eigenvalue weighted by Crippen LogP contribution is -2.37. The van der Waals surface area contributed by atoms with E-state index in [-0.39, 0.29) is 6.04 Å². The summed E-state index contributed by atoms with van der Waals surface area (Å²) in [6.07, 6.45) is 2.54. The van der Waals surface area contributed by atoms with Crippen LogP contribution in [0, 0.1) is 0 Å². The van der Waals surface area contributed by atoms with Crippen LogP contribution >= 0.6 is 0 Å². The van der Waals surface area contributed by atoms with Gasteiger partial charge in [0, 0.05) is 25.4 Å². The Hall–Kier alpha value is -1.11. The van der Waals surface area contributed by atoms with Crippen molar-refractivity contribution in [3.63, 3.8) is 0 Å². The molecule has 5 nitrogen and oxygen atoms in total. The van der Waals surface area contributed by atoms with Crippen LogP contribution in [-0.4, -0.2) is 34.7 Å². The van der Waals surface area contributed by atoms with Crippen LogP contribution in [0.25, 0.3) is 0 Å². The molecule has 1 aliphatic rings. The highest BCUT2D eigenvalue weighted by atomic mass is 32.2. The second-order valence-corrected chi connectivity index (χ2v) is 6.77. The Morgan fingerprint density at radius 3 is 2.95 bits per heavy atom. The summed E-state index contributed by atoms with van der Waals surface area (Å²) in [5, 5.41) is 3.22. The largest absolute Gasteiger partial charge is 0.384 e. The van der Waals surface area contributed by atoms with E-state index in [1.54, 1.807) is 19.2 Å². The Labute approximate surface area is 120 Å². The molecule has 1 aromatic rings. The van der Waals surface area contributed by atoms with E-state index >= 15 is 0 Å². The first-order valence-electron chi connectivity index (χ1n) is 6.95. The van der Waals surface area contributed by atoms with Crippen LogP contribution in [0.15, 0.2) is 23.1 Å². The van der Waals surface area contributed by atoms with E-state index < -0.39 is 10.0 Å². The first-order valence-corrected chi connectivity index (χ1v) is 8.43. The standard InChI is InChI=1S/C14H22N2O3S/c1-3-4-12(10-19-2)16-20(17,18)13-5-6-14-11(9-13)7-8-15-14/h5-6,9,12,15-16H,3-4,7-8,10H2,1-2H3. The van der Waals surface area contributed by atoms with Gasteiger partial charge in [0.05, 0.1) is 11.5 Å². The van der Waals surface area contributed by atoms with Crippen LogP contribution in [0.3, 0.4) is 0 Å². The van der Waals surface area contributed by atoms with Crippen LogP contribution < -0.4 is 10.0 Å². The Morgan fingerprint density at radius 2 is 2.25 bits per heavy atom. The molecule has 0 radical (unpaired) electrons. The summed E-state index contributed by atoms with van der Waals surface area (Å²) in [6.45, 7) is 3.28. The molecule has 0 bridgehead atoms. The zero-order valence-corrected chi connectivity index (χ0v) is 12.8. The van der Waals surface area contributed by atoms with Gasteiger partial charge < -0.3 is 10.1 Å². The Morgan fingerprint density at radius 1 is 1.45 bits per heavy atom. The minimum atomic E-state index is -3.48. The maximum Gasteiger partial charge on any atom is 0.240 e. The van der Waals surface area contributed by atoms with Gasteiger partial charge in [0.2, 0.25) is 10.0 Å². The number of benzene rings is 1. The number of sulfonamides is 1. The summed E-state index contributed by atoms with van der Waals surface area (Å²) in [7, 11) is -1.90. The van der Waals surface area contributed by atoms with Gasteiger partial charge in [-0.2, -0.15) is 0 Å². The smallest absolute Gasteiger partial charge is 0.240 e.